The third-order valence-electron chi connectivity index (χ3n) is 2.67. The molecule has 0 atom stereocenters. The molecule has 1 heterocycles. The summed E-state index contributed by atoms with van der Waals surface area (Å²) >= 11 is 5.99. The van der Waals surface area contributed by atoms with Crippen LogP contribution in [0.25, 0.3) is 0 Å². The molecule has 0 bridgehead atoms. The Hall–Kier alpha value is -2.07. The summed E-state index contributed by atoms with van der Waals surface area (Å²) in [6.45, 7) is 2.03. The molecule has 2 aromatic rings. The Labute approximate surface area is 116 Å². The molecule has 19 heavy (non-hydrogen) atoms. The van der Waals surface area contributed by atoms with Crippen molar-refractivity contribution < 1.29 is 9.90 Å². The average Bonchev–Trinajstić information content (AvgIpc) is 2.37. The molecule has 0 radical (unpaired) electrons. The molecule has 0 saturated carbocycles. The number of hydrogen-bond donors (Lipinski definition) is 2. The lowest BCUT2D eigenvalue weighted by atomic mass is 10.2. The van der Waals surface area contributed by atoms with E-state index in [9.17, 15) is 9.90 Å². The second kappa shape index (κ2) is 5.71. The van der Waals surface area contributed by atoms with Gasteiger partial charge in [-0.05, 0) is 19.1 Å². The van der Waals surface area contributed by atoms with Crippen molar-refractivity contribution in [2.24, 2.45) is 0 Å². The maximum Gasteiger partial charge on any atom is 0.254 e. The molecular weight excluding hydrogens is 264 g/mol. The van der Waals surface area contributed by atoms with E-state index in [4.69, 9.17) is 11.6 Å². The highest BCUT2D eigenvalue weighted by Gasteiger charge is 2.11. The number of phenols is 1. The molecule has 0 saturated heterocycles. The van der Waals surface area contributed by atoms with Gasteiger partial charge in [-0.2, -0.15) is 0 Å². The van der Waals surface area contributed by atoms with E-state index in [1.807, 2.05) is 0 Å². The summed E-state index contributed by atoms with van der Waals surface area (Å²) in [5, 5.41) is 12.7. The summed E-state index contributed by atoms with van der Waals surface area (Å²) in [7, 11) is 0. The first-order valence-electron chi connectivity index (χ1n) is 5.75. The zero-order valence-corrected chi connectivity index (χ0v) is 11.1. The van der Waals surface area contributed by atoms with E-state index in [0.717, 1.165) is 5.69 Å². The van der Waals surface area contributed by atoms with E-state index in [1.54, 1.807) is 37.3 Å². The third-order valence-corrected chi connectivity index (χ3v) is 2.98. The molecule has 0 aliphatic heterocycles. The number of aromatic hydroxyl groups is 1. The number of phenolic OH excluding ortho intramolecular Hbond substituents is 1. The maximum atomic E-state index is 11.9. The van der Waals surface area contributed by atoms with Gasteiger partial charge in [-0.3, -0.25) is 9.78 Å². The fourth-order valence-corrected chi connectivity index (χ4v) is 1.92. The highest BCUT2D eigenvalue weighted by molar-refractivity contribution is 6.33. The first-order chi connectivity index (χ1) is 9.08. The van der Waals surface area contributed by atoms with Crippen molar-refractivity contribution in [2.45, 2.75) is 13.5 Å². The van der Waals surface area contributed by atoms with Crippen molar-refractivity contribution in [2.75, 3.05) is 0 Å². The van der Waals surface area contributed by atoms with E-state index >= 15 is 0 Å². The van der Waals surface area contributed by atoms with Crippen LogP contribution in [-0.2, 0) is 6.54 Å². The molecule has 0 aliphatic carbocycles. The molecule has 0 unspecified atom stereocenters. The van der Waals surface area contributed by atoms with Crippen molar-refractivity contribution in [3.8, 4) is 5.75 Å². The number of carbonyl (C=O) groups is 1. The van der Waals surface area contributed by atoms with E-state index in [2.05, 4.69) is 10.3 Å². The highest BCUT2D eigenvalue weighted by atomic mass is 35.5. The van der Waals surface area contributed by atoms with Gasteiger partial charge >= 0.3 is 0 Å². The van der Waals surface area contributed by atoms with Gasteiger partial charge in [0.1, 0.15) is 5.75 Å². The Morgan fingerprint density at radius 2 is 2.16 bits per heavy atom. The van der Waals surface area contributed by atoms with Gasteiger partial charge in [0.2, 0.25) is 0 Å². The number of aromatic nitrogens is 1. The minimum Gasteiger partial charge on any atom is -0.508 e. The van der Waals surface area contributed by atoms with E-state index in [-0.39, 0.29) is 18.2 Å². The first kappa shape index (κ1) is 13.4. The van der Waals surface area contributed by atoms with Crippen LogP contribution in [0.4, 0.5) is 0 Å². The lowest BCUT2D eigenvalue weighted by Gasteiger charge is -2.08. The average molecular weight is 277 g/mol. The SMILES string of the molecule is Cc1cc(Cl)c(C(=O)NCc2ccccc2O)cn1. The number of rotatable bonds is 3. The molecular formula is C14H13ClN2O2. The number of carbonyl (C=O) groups excluding carboxylic acids is 1. The van der Waals surface area contributed by atoms with E-state index in [1.165, 1.54) is 6.20 Å². The summed E-state index contributed by atoms with van der Waals surface area (Å²) in [6, 6.07) is 8.46. The molecule has 1 aromatic heterocycles. The monoisotopic (exact) mass is 276 g/mol. The number of nitrogens with zero attached hydrogens (tertiary/aromatic N) is 1. The van der Waals surface area contributed by atoms with Crippen molar-refractivity contribution in [3.05, 3.63) is 58.4 Å². The number of halogens is 1. The van der Waals surface area contributed by atoms with Gasteiger partial charge in [-0.25, -0.2) is 0 Å². The zero-order chi connectivity index (χ0) is 13.8. The predicted molar refractivity (Wildman–Crippen MR) is 73.3 cm³/mol. The number of benzene rings is 1. The number of para-hydroxylation sites is 1. The Balaban J connectivity index is 2.08. The van der Waals surface area contributed by atoms with Gasteiger partial charge in [0.15, 0.2) is 0 Å². The van der Waals surface area contributed by atoms with Gasteiger partial charge in [0.05, 0.1) is 10.6 Å². The fraction of sp³-hybridized carbons (Fsp3) is 0.143. The number of nitrogens with one attached hydrogen (secondary N) is 1. The van der Waals surface area contributed by atoms with Crippen molar-refractivity contribution in [3.63, 3.8) is 0 Å². The minimum atomic E-state index is -0.319. The van der Waals surface area contributed by atoms with Gasteiger partial charge < -0.3 is 10.4 Å². The summed E-state index contributed by atoms with van der Waals surface area (Å²) in [5.74, 6) is -0.170. The van der Waals surface area contributed by atoms with Gasteiger partial charge in [0.25, 0.3) is 5.91 Å². The number of hydrogen-bond acceptors (Lipinski definition) is 3. The second-order valence-electron chi connectivity index (χ2n) is 4.12. The van der Waals surface area contributed by atoms with Crippen molar-refractivity contribution >= 4 is 17.5 Å². The van der Waals surface area contributed by atoms with Crippen LogP contribution in [0.5, 0.6) is 5.75 Å². The van der Waals surface area contributed by atoms with Crippen LogP contribution >= 0.6 is 11.6 Å². The standard InChI is InChI=1S/C14H13ClN2O2/c1-9-6-12(15)11(8-16-9)14(19)17-7-10-4-2-3-5-13(10)18/h2-6,8,18H,7H2,1H3,(H,17,19). The van der Waals surface area contributed by atoms with Crippen molar-refractivity contribution in [1.82, 2.24) is 10.3 Å². The summed E-state index contributed by atoms with van der Waals surface area (Å²) in [4.78, 5) is 16.0. The van der Waals surface area contributed by atoms with Gasteiger partial charge in [0, 0.05) is 24.0 Å². The Morgan fingerprint density at radius 1 is 1.42 bits per heavy atom. The largest absolute Gasteiger partial charge is 0.508 e. The highest BCUT2D eigenvalue weighted by Crippen LogP contribution is 2.17. The summed E-state index contributed by atoms with van der Waals surface area (Å²) < 4.78 is 0. The zero-order valence-electron chi connectivity index (χ0n) is 10.4. The van der Waals surface area contributed by atoms with Crippen LogP contribution in [0.15, 0.2) is 36.5 Å². The van der Waals surface area contributed by atoms with Crippen LogP contribution in [0.3, 0.4) is 0 Å². The predicted octanol–water partition coefficient (Wildman–Crippen LogP) is 2.68. The molecule has 1 amide bonds. The Bertz CT molecular complexity index is 614. The van der Waals surface area contributed by atoms with Crippen LogP contribution in [-0.4, -0.2) is 16.0 Å². The van der Waals surface area contributed by atoms with Crippen LogP contribution < -0.4 is 5.32 Å². The molecule has 2 rings (SSSR count). The normalized spacial score (nSPS) is 10.2. The van der Waals surface area contributed by atoms with E-state index < -0.39 is 0 Å². The number of amides is 1. The summed E-state index contributed by atoms with van der Waals surface area (Å²) in [5.41, 5.74) is 1.72. The Kier molecular flexibility index (Phi) is 4.02. The first-order valence-corrected chi connectivity index (χ1v) is 6.13. The minimum absolute atomic E-state index is 0.149. The second-order valence-corrected chi connectivity index (χ2v) is 4.52. The molecule has 98 valence electrons. The molecule has 2 N–H and O–H groups in total. The topological polar surface area (TPSA) is 62.2 Å². The maximum absolute atomic E-state index is 11.9. The third kappa shape index (κ3) is 3.23. The number of aryl methyl sites for hydroxylation is 1. The van der Waals surface area contributed by atoms with Gasteiger partial charge in [-0.1, -0.05) is 29.8 Å². The number of pyridine rings is 1. The van der Waals surface area contributed by atoms with E-state index in [0.29, 0.717) is 16.1 Å². The fourth-order valence-electron chi connectivity index (χ4n) is 1.62. The smallest absolute Gasteiger partial charge is 0.254 e. The quantitative estimate of drug-likeness (QED) is 0.906. The van der Waals surface area contributed by atoms with Crippen LogP contribution in [0.1, 0.15) is 21.6 Å². The van der Waals surface area contributed by atoms with Crippen LogP contribution in [0, 0.1) is 6.92 Å². The molecule has 1 aromatic carbocycles. The summed E-state index contributed by atoms with van der Waals surface area (Å²) in [6.07, 6.45) is 1.44. The molecule has 4 nitrogen and oxygen atoms in total. The van der Waals surface area contributed by atoms with Gasteiger partial charge in [-0.15, -0.1) is 0 Å². The van der Waals surface area contributed by atoms with Crippen molar-refractivity contribution in [1.29, 1.82) is 0 Å². The Morgan fingerprint density at radius 3 is 2.84 bits per heavy atom. The molecule has 0 spiro atoms. The lowest BCUT2D eigenvalue weighted by Crippen LogP contribution is -2.23. The lowest BCUT2D eigenvalue weighted by molar-refractivity contribution is 0.0950. The molecule has 5 heteroatoms. The molecule has 0 aliphatic rings. The van der Waals surface area contributed by atoms with Crippen LogP contribution in [0.2, 0.25) is 5.02 Å². The molecule has 0 fully saturated rings.